The van der Waals surface area contributed by atoms with E-state index in [2.05, 4.69) is 30.0 Å². The molecule has 1 amide bonds. The van der Waals surface area contributed by atoms with Crippen LogP contribution in [0.5, 0.6) is 0 Å². The largest absolute Gasteiger partial charge is 0.445 e. The van der Waals surface area contributed by atoms with Gasteiger partial charge in [-0.05, 0) is 56.6 Å². The van der Waals surface area contributed by atoms with Crippen LogP contribution in [0.4, 0.5) is 16.4 Å². The van der Waals surface area contributed by atoms with Gasteiger partial charge in [-0.1, -0.05) is 13.0 Å². The number of amides is 1. The number of aromatic nitrogens is 3. The van der Waals surface area contributed by atoms with Gasteiger partial charge in [0.25, 0.3) is 0 Å². The first kappa shape index (κ1) is 25.6. The van der Waals surface area contributed by atoms with Crippen LogP contribution < -0.4 is 10.0 Å². The van der Waals surface area contributed by atoms with Crippen LogP contribution in [0.3, 0.4) is 0 Å². The highest BCUT2D eigenvalue weighted by atomic mass is 32.2. The lowest BCUT2D eigenvalue weighted by Crippen LogP contribution is -2.23. The molecule has 3 N–H and O–H groups in total. The molecule has 0 unspecified atom stereocenters. The van der Waals surface area contributed by atoms with Crippen LogP contribution >= 0.6 is 11.3 Å². The summed E-state index contributed by atoms with van der Waals surface area (Å²) in [6, 6.07) is 5.26. The van der Waals surface area contributed by atoms with Crippen LogP contribution in [-0.4, -0.2) is 48.3 Å². The van der Waals surface area contributed by atoms with E-state index in [1.807, 2.05) is 6.07 Å². The number of sulfonamides is 1. The molecule has 3 aromatic rings. The van der Waals surface area contributed by atoms with Crippen molar-refractivity contribution in [3.05, 3.63) is 41.8 Å². The predicted molar refractivity (Wildman–Crippen MR) is 143 cm³/mol. The van der Waals surface area contributed by atoms with E-state index in [9.17, 15) is 13.2 Å². The number of ether oxygens (including phenoxy) is 1. The molecule has 2 fully saturated rings. The summed E-state index contributed by atoms with van der Waals surface area (Å²) >= 11 is 1.54. The monoisotopic (exact) mass is 542 g/mol. The average Bonchev–Trinajstić information content (AvgIpc) is 3.32. The first-order valence-electron chi connectivity index (χ1n) is 12.5. The fraction of sp³-hybridized carbons (Fsp3) is 0.440. The molecule has 0 bridgehead atoms. The second kappa shape index (κ2) is 11.1. The van der Waals surface area contributed by atoms with Crippen LogP contribution in [0.2, 0.25) is 0 Å². The lowest BCUT2D eigenvalue weighted by Gasteiger charge is -2.24. The number of rotatable bonds is 9. The Balaban J connectivity index is 1.30. The van der Waals surface area contributed by atoms with Gasteiger partial charge in [0.05, 0.1) is 14.8 Å². The Morgan fingerprint density at radius 1 is 1.22 bits per heavy atom. The van der Waals surface area contributed by atoms with Crippen molar-refractivity contribution in [2.75, 3.05) is 11.9 Å². The summed E-state index contributed by atoms with van der Waals surface area (Å²) < 4.78 is 33.9. The van der Waals surface area contributed by atoms with Crippen molar-refractivity contribution in [2.24, 2.45) is 10.9 Å². The minimum absolute atomic E-state index is 0.0659. The molecule has 196 valence electrons. The van der Waals surface area contributed by atoms with Gasteiger partial charge in [0.2, 0.25) is 16.0 Å². The number of hydrogen-bond acceptors (Lipinski definition) is 8. The van der Waals surface area contributed by atoms with E-state index in [0.29, 0.717) is 23.1 Å². The number of carbonyl (C=O) groups is 1. The molecule has 0 saturated heterocycles. The number of imidazole rings is 1. The number of aliphatic imine (C=N–C) groups is 1. The highest BCUT2D eigenvalue weighted by Crippen LogP contribution is 2.41. The van der Waals surface area contributed by atoms with Crippen molar-refractivity contribution in [1.82, 2.24) is 19.7 Å². The number of nitrogens with zero attached hydrogens (tertiary/aromatic N) is 3. The van der Waals surface area contributed by atoms with Crippen LogP contribution in [0.25, 0.3) is 10.4 Å². The third-order valence-electron chi connectivity index (χ3n) is 6.46. The van der Waals surface area contributed by atoms with Gasteiger partial charge in [-0.25, -0.2) is 27.9 Å². The first-order chi connectivity index (χ1) is 17.9. The lowest BCUT2D eigenvalue weighted by molar-refractivity contribution is 0.150. The number of aromatic amines is 1. The minimum Gasteiger partial charge on any atom is -0.445 e. The Bertz CT molecular complexity index is 1360. The maximum atomic E-state index is 13.1. The van der Waals surface area contributed by atoms with Crippen molar-refractivity contribution in [3.63, 3.8) is 0 Å². The van der Waals surface area contributed by atoms with E-state index in [1.54, 1.807) is 43.9 Å². The standard InChI is InChI=1S/C25H30N6O4S2/c1-2-30-37(33,34)22-13-18(31-24-26-11-12-27-24)7-10-20(22)21-15-28-23(36-21)17-5-3-16(4-6-17)14-29-25(32)35-19-8-9-19/h7,10-17,19,30H,2-6,8-9H2,1H3,(H2,26,27,31)/b29-14+. The average molecular weight is 543 g/mol. The highest BCUT2D eigenvalue weighted by Gasteiger charge is 2.27. The van der Waals surface area contributed by atoms with Gasteiger partial charge < -0.3 is 15.0 Å². The summed E-state index contributed by atoms with van der Waals surface area (Å²) in [7, 11) is -3.72. The van der Waals surface area contributed by atoms with E-state index < -0.39 is 16.1 Å². The maximum Gasteiger partial charge on any atom is 0.433 e. The molecule has 0 spiro atoms. The molecular formula is C25H30N6O4S2. The van der Waals surface area contributed by atoms with Crippen LogP contribution in [0.1, 0.15) is 56.4 Å². The molecule has 2 aliphatic carbocycles. The van der Waals surface area contributed by atoms with E-state index >= 15 is 0 Å². The zero-order chi connectivity index (χ0) is 25.8. The maximum absolute atomic E-state index is 13.1. The van der Waals surface area contributed by atoms with Crippen molar-refractivity contribution in [2.45, 2.75) is 62.4 Å². The predicted octanol–water partition coefficient (Wildman–Crippen LogP) is 5.22. The second-order valence-corrected chi connectivity index (χ2v) is 12.1. The number of hydrogen-bond donors (Lipinski definition) is 3. The van der Waals surface area contributed by atoms with Gasteiger partial charge in [-0.2, -0.15) is 4.99 Å². The Labute approximate surface area is 220 Å². The summed E-state index contributed by atoms with van der Waals surface area (Å²) in [5.74, 6) is 1.09. The third kappa shape index (κ3) is 6.43. The van der Waals surface area contributed by atoms with Crippen LogP contribution in [0, 0.1) is 5.92 Å². The number of thiazole rings is 1. The van der Waals surface area contributed by atoms with Crippen molar-refractivity contribution < 1.29 is 17.9 Å². The van der Waals surface area contributed by atoms with E-state index in [-0.39, 0.29) is 23.5 Å². The summed E-state index contributed by atoms with van der Waals surface area (Å²) in [5.41, 5.74) is 1.23. The first-order valence-corrected chi connectivity index (χ1v) is 14.8. The molecule has 0 radical (unpaired) electrons. The van der Waals surface area contributed by atoms with Gasteiger partial charge in [0.15, 0.2) is 0 Å². The van der Waals surface area contributed by atoms with Crippen molar-refractivity contribution in [3.8, 4) is 10.4 Å². The Hall–Kier alpha value is -3.09. The van der Waals surface area contributed by atoms with Gasteiger partial charge in [-0.3, -0.25) is 0 Å². The molecule has 2 aliphatic rings. The normalized spacial score (nSPS) is 20.2. The van der Waals surface area contributed by atoms with Crippen molar-refractivity contribution in [1.29, 1.82) is 0 Å². The molecule has 10 nitrogen and oxygen atoms in total. The third-order valence-corrected chi connectivity index (χ3v) is 9.24. The van der Waals surface area contributed by atoms with E-state index in [1.165, 1.54) is 11.3 Å². The Kier molecular flexibility index (Phi) is 7.68. The SMILES string of the molecule is CCNS(=O)(=O)c1cc(Nc2ncc[nH]2)ccc1-c1cnc(C2CCC(/C=N/C(=O)OC3CC3)CC2)s1. The Morgan fingerprint density at radius 2 is 2.03 bits per heavy atom. The minimum atomic E-state index is -3.72. The molecule has 2 saturated carbocycles. The summed E-state index contributed by atoms with van der Waals surface area (Å²) in [4.78, 5) is 28.5. The molecule has 0 atom stereocenters. The summed E-state index contributed by atoms with van der Waals surface area (Å²) in [6.45, 7) is 2.04. The number of H-pyrrole nitrogens is 1. The van der Waals surface area contributed by atoms with Gasteiger partial charge in [0, 0.05) is 48.5 Å². The number of carbonyl (C=O) groups excluding carboxylic acids is 1. The van der Waals surface area contributed by atoms with Crippen LogP contribution in [0.15, 0.2) is 46.7 Å². The smallest absolute Gasteiger partial charge is 0.433 e. The Morgan fingerprint density at radius 3 is 2.73 bits per heavy atom. The highest BCUT2D eigenvalue weighted by molar-refractivity contribution is 7.89. The van der Waals surface area contributed by atoms with E-state index in [0.717, 1.165) is 48.4 Å². The topological polar surface area (TPSA) is 138 Å². The molecule has 5 rings (SSSR count). The van der Waals surface area contributed by atoms with Crippen molar-refractivity contribution >= 4 is 45.3 Å². The fourth-order valence-electron chi connectivity index (χ4n) is 4.41. The van der Waals surface area contributed by atoms with E-state index in [4.69, 9.17) is 4.74 Å². The zero-order valence-electron chi connectivity index (χ0n) is 20.5. The lowest BCUT2D eigenvalue weighted by atomic mass is 9.83. The molecule has 37 heavy (non-hydrogen) atoms. The molecule has 12 heteroatoms. The molecule has 1 aromatic carbocycles. The second-order valence-electron chi connectivity index (χ2n) is 9.31. The fourth-order valence-corrected chi connectivity index (χ4v) is 6.88. The van der Waals surface area contributed by atoms with Gasteiger partial charge in [-0.15, -0.1) is 11.3 Å². The molecule has 2 aromatic heterocycles. The van der Waals surface area contributed by atoms with Gasteiger partial charge in [0.1, 0.15) is 6.10 Å². The zero-order valence-corrected chi connectivity index (χ0v) is 22.1. The number of anilines is 2. The number of nitrogens with one attached hydrogen (secondary N) is 3. The molecular weight excluding hydrogens is 512 g/mol. The summed E-state index contributed by atoms with van der Waals surface area (Å²) in [6.07, 6.45) is 12.0. The number of benzene rings is 1. The molecule has 2 heterocycles. The van der Waals surface area contributed by atoms with Gasteiger partial charge >= 0.3 is 6.09 Å². The molecule has 0 aliphatic heterocycles. The summed E-state index contributed by atoms with van der Waals surface area (Å²) in [5, 5.41) is 4.10. The quantitative estimate of drug-likeness (QED) is 0.315. The van der Waals surface area contributed by atoms with Crippen LogP contribution in [-0.2, 0) is 14.8 Å².